The number of rotatable bonds is 19. The average Bonchev–Trinajstić information content (AvgIpc) is 3.24. The van der Waals surface area contributed by atoms with E-state index in [1.807, 2.05) is 6.92 Å². The van der Waals surface area contributed by atoms with Gasteiger partial charge >= 0.3 is 5.97 Å². The molecule has 0 spiro atoms. The Morgan fingerprint density at radius 3 is 1.81 bits per heavy atom. The summed E-state index contributed by atoms with van der Waals surface area (Å²) in [4.78, 5) is 30.9. The lowest BCUT2D eigenvalue weighted by Crippen LogP contribution is -2.38. The second-order valence-electron chi connectivity index (χ2n) is 12.5. The van der Waals surface area contributed by atoms with Gasteiger partial charge in [-0.1, -0.05) is 43.3 Å². The molecule has 0 radical (unpaired) electrons. The van der Waals surface area contributed by atoms with E-state index in [9.17, 15) is 26.4 Å². The number of esters is 1. The fourth-order valence-electron chi connectivity index (χ4n) is 5.85. The molecule has 15 nitrogen and oxygen atoms in total. The van der Waals surface area contributed by atoms with E-state index < -0.39 is 45.0 Å². The first-order valence-corrected chi connectivity index (χ1v) is 20.8. The van der Waals surface area contributed by atoms with Gasteiger partial charge in [0.05, 0.1) is 68.1 Å². The van der Waals surface area contributed by atoms with Gasteiger partial charge in [-0.05, 0) is 61.0 Å². The zero-order chi connectivity index (χ0) is 41.9. The molecule has 0 atom stereocenters. The SMILES string of the molecule is CCCOC(=O)CN(c1cc(OC)cc(Cc2ccc(NC(=O)CN(c3cc(OC)ccc3OC)S(=O)(=O)c3ccccc3)cn2)c1OC)S(=O)(=O)c1ccccc1. The summed E-state index contributed by atoms with van der Waals surface area (Å²) in [7, 11) is -2.95. The van der Waals surface area contributed by atoms with Gasteiger partial charge in [0.1, 0.15) is 36.1 Å². The first-order valence-electron chi connectivity index (χ1n) is 17.9. The fraction of sp³-hybridized carbons (Fsp3) is 0.244. The number of nitrogens with one attached hydrogen (secondary N) is 1. The number of amides is 1. The van der Waals surface area contributed by atoms with Gasteiger partial charge in [-0.3, -0.25) is 23.2 Å². The largest absolute Gasteiger partial charge is 0.497 e. The molecule has 1 aromatic heterocycles. The Kier molecular flexibility index (Phi) is 14.2. The molecule has 0 aliphatic heterocycles. The molecular weight excluding hydrogens is 789 g/mol. The molecule has 17 heteroatoms. The third kappa shape index (κ3) is 9.96. The van der Waals surface area contributed by atoms with Gasteiger partial charge in [-0.2, -0.15) is 0 Å². The molecule has 0 aliphatic carbocycles. The van der Waals surface area contributed by atoms with Crippen LogP contribution in [-0.4, -0.2) is 81.8 Å². The van der Waals surface area contributed by atoms with E-state index in [1.165, 1.54) is 71.0 Å². The van der Waals surface area contributed by atoms with Crippen molar-refractivity contribution in [3.63, 3.8) is 0 Å². The standard InChI is InChI=1S/C41H44N4O11S2/c1-6-21-56-40(47)28-45(58(50,51)35-15-11-8-12-16-35)37-25-33(53-3)23-29(41(37)55-5)22-30-17-18-31(26-42-30)43-39(46)27-44(57(48,49)34-13-9-7-10-14-34)36-24-32(52-2)19-20-38(36)54-4/h7-20,23-26H,6,21-22,27-28H2,1-5H3,(H,43,46). The predicted molar refractivity (Wildman–Crippen MR) is 218 cm³/mol. The van der Waals surface area contributed by atoms with Crippen LogP contribution < -0.4 is 32.9 Å². The second kappa shape index (κ2) is 19.2. The maximum Gasteiger partial charge on any atom is 0.326 e. The molecule has 1 amide bonds. The monoisotopic (exact) mass is 832 g/mol. The Morgan fingerprint density at radius 2 is 1.28 bits per heavy atom. The molecule has 0 unspecified atom stereocenters. The van der Waals surface area contributed by atoms with Crippen molar-refractivity contribution in [3.05, 3.63) is 121 Å². The molecule has 0 saturated heterocycles. The highest BCUT2D eigenvalue weighted by atomic mass is 32.2. The van der Waals surface area contributed by atoms with Crippen molar-refractivity contribution in [3.8, 4) is 23.0 Å². The minimum atomic E-state index is -4.31. The molecule has 5 rings (SSSR count). The van der Waals surface area contributed by atoms with Gasteiger partial charge in [-0.15, -0.1) is 0 Å². The summed E-state index contributed by atoms with van der Waals surface area (Å²) < 4.78 is 85.3. The molecule has 0 aliphatic rings. The summed E-state index contributed by atoms with van der Waals surface area (Å²) in [5.74, 6) is -0.440. The summed E-state index contributed by atoms with van der Waals surface area (Å²) in [5.41, 5.74) is 1.37. The Labute approximate surface area is 338 Å². The summed E-state index contributed by atoms with van der Waals surface area (Å²) in [5, 5.41) is 2.71. The number of sulfonamides is 2. The molecule has 0 bridgehead atoms. The van der Waals surface area contributed by atoms with Gasteiger partial charge in [0.2, 0.25) is 5.91 Å². The summed E-state index contributed by atoms with van der Waals surface area (Å²) >= 11 is 0. The Morgan fingerprint density at radius 1 is 0.672 bits per heavy atom. The lowest BCUT2D eigenvalue weighted by atomic mass is 10.1. The first-order chi connectivity index (χ1) is 27.9. The number of anilines is 3. The number of hydrogen-bond acceptors (Lipinski definition) is 12. The smallest absolute Gasteiger partial charge is 0.326 e. The number of benzene rings is 4. The van der Waals surface area contributed by atoms with Crippen molar-refractivity contribution in [1.29, 1.82) is 0 Å². The van der Waals surface area contributed by atoms with Crippen molar-refractivity contribution < 1.29 is 50.1 Å². The van der Waals surface area contributed by atoms with Crippen LogP contribution in [0.1, 0.15) is 24.6 Å². The van der Waals surface area contributed by atoms with Crippen LogP contribution in [0.15, 0.2) is 119 Å². The van der Waals surface area contributed by atoms with Crippen molar-refractivity contribution >= 4 is 49.0 Å². The maximum atomic E-state index is 14.1. The van der Waals surface area contributed by atoms with E-state index in [4.69, 9.17) is 23.7 Å². The number of nitrogens with zero attached hydrogens (tertiary/aromatic N) is 3. The molecule has 0 fully saturated rings. The third-order valence-electron chi connectivity index (χ3n) is 8.65. The lowest BCUT2D eigenvalue weighted by Gasteiger charge is -2.27. The van der Waals surface area contributed by atoms with Gasteiger partial charge in [0.15, 0.2) is 0 Å². The quantitative estimate of drug-likeness (QED) is 0.101. The van der Waals surface area contributed by atoms with E-state index >= 15 is 0 Å². The maximum absolute atomic E-state index is 14.1. The van der Waals surface area contributed by atoms with Crippen molar-refractivity contribution in [2.24, 2.45) is 0 Å². The summed E-state index contributed by atoms with van der Waals surface area (Å²) in [6.07, 6.45) is 2.06. The van der Waals surface area contributed by atoms with E-state index in [0.717, 1.165) is 8.61 Å². The van der Waals surface area contributed by atoms with Crippen LogP contribution in [0.4, 0.5) is 17.1 Å². The Hall–Kier alpha value is -6.33. The molecule has 5 aromatic rings. The van der Waals surface area contributed by atoms with Gasteiger partial charge in [0.25, 0.3) is 20.0 Å². The number of carbonyl (C=O) groups is 2. The van der Waals surface area contributed by atoms with Gasteiger partial charge in [-0.25, -0.2) is 16.8 Å². The normalized spacial score (nSPS) is 11.3. The fourth-order valence-corrected chi connectivity index (χ4v) is 8.72. The molecular formula is C41H44N4O11S2. The van der Waals surface area contributed by atoms with E-state index in [2.05, 4.69) is 10.3 Å². The zero-order valence-corrected chi connectivity index (χ0v) is 34.2. The topological polar surface area (TPSA) is 180 Å². The highest BCUT2D eigenvalue weighted by molar-refractivity contribution is 7.93. The highest BCUT2D eigenvalue weighted by Gasteiger charge is 2.33. The number of pyridine rings is 1. The van der Waals surface area contributed by atoms with Crippen LogP contribution in [-0.2, 0) is 40.8 Å². The molecule has 1 N–H and O–H groups in total. The van der Waals surface area contributed by atoms with E-state index in [1.54, 1.807) is 66.7 Å². The van der Waals surface area contributed by atoms with E-state index in [-0.39, 0.29) is 57.1 Å². The highest BCUT2D eigenvalue weighted by Crippen LogP contribution is 2.40. The van der Waals surface area contributed by atoms with Crippen LogP contribution in [0, 0.1) is 0 Å². The van der Waals surface area contributed by atoms with Crippen molar-refractivity contribution in [2.45, 2.75) is 29.6 Å². The molecule has 0 saturated carbocycles. The van der Waals surface area contributed by atoms with Gasteiger partial charge in [0, 0.05) is 29.8 Å². The molecule has 4 aromatic carbocycles. The van der Waals surface area contributed by atoms with Crippen LogP contribution in [0.3, 0.4) is 0 Å². The van der Waals surface area contributed by atoms with Crippen molar-refractivity contribution in [2.75, 3.05) is 62.1 Å². The predicted octanol–water partition coefficient (Wildman–Crippen LogP) is 5.69. The third-order valence-corrected chi connectivity index (χ3v) is 12.2. The number of aromatic nitrogens is 1. The van der Waals surface area contributed by atoms with Crippen molar-refractivity contribution in [1.82, 2.24) is 4.98 Å². The van der Waals surface area contributed by atoms with Crippen LogP contribution in [0.5, 0.6) is 23.0 Å². The number of methoxy groups -OCH3 is 4. The number of ether oxygens (including phenoxy) is 5. The Bertz CT molecular complexity index is 2420. The number of hydrogen-bond donors (Lipinski definition) is 1. The first kappa shape index (κ1) is 42.8. The van der Waals surface area contributed by atoms with Crippen LogP contribution in [0.2, 0.25) is 0 Å². The minimum Gasteiger partial charge on any atom is -0.497 e. The van der Waals surface area contributed by atoms with Gasteiger partial charge < -0.3 is 29.0 Å². The molecule has 1 heterocycles. The van der Waals surface area contributed by atoms with Crippen LogP contribution >= 0.6 is 0 Å². The minimum absolute atomic E-state index is 0.0352. The summed E-state index contributed by atoms with van der Waals surface area (Å²) in [6.45, 7) is 0.678. The Balaban J connectivity index is 1.44. The van der Waals surface area contributed by atoms with Crippen LogP contribution in [0.25, 0.3) is 0 Å². The average molecular weight is 833 g/mol. The second-order valence-corrected chi connectivity index (χ2v) is 16.2. The zero-order valence-electron chi connectivity index (χ0n) is 32.6. The molecule has 58 heavy (non-hydrogen) atoms. The lowest BCUT2D eigenvalue weighted by molar-refractivity contribution is -0.141. The summed E-state index contributed by atoms with van der Waals surface area (Å²) in [6, 6.07) is 26.3. The number of carbonyl (C=O) groups excluding carboxylic acids is 2. The van der Waals surface area contributed by atoms with E-state index in [0.29, 0.717) is 23.4 Å². The molecule has 306 valence electrons.